The Kier molecular flexibility index (Phi) is 5.61. The number of nitrogens with one attached hydrogen (secondary N) is 1. The van der Waals surface area contributed by atoms with E-state index in [9.17, 15) is 17.2 Å². The molecule has 0 aliphatic rings. The van der Waals surface area contributed by atoms with Gasteiger partial charge >= 0.3 is 0 Å². The lowest BCUT2D eigenvalue weighted by Gasteiger charge is -2.17. The summed E-state index contributed by atoms with van der Waals surface area (Å²) in [5.74, 6) is -1.54. The molecule has 0 fully saturated rings. The molecule has 0 saturated carbocycles. The zero-order valence-corrected chi connectivity index (χ0v) is 11.7. The lowest BCUT2D eigenvalue weighted by molar-refractivity contribution is 0.428. The quantitative estimate of drug-likeness (QED) is 0.773. The second-order valence-electron chi connectivity index (χ2n) is 4.02. The first-order valence-electron chi connectivity index (χ1n) is 5.84. The average Bonchev–Trinajstić information content (AvgIpc) is 2.29. The maximum atomic E-state index is 13.2. The van der Waals surface area contributed by atoms with Crippen molar-refractivity contribution in [2.45, 2.75) is 13.3 Å². The van der Waals surface area contributed by atoms with Gasteiger partial charge in [-0.2, -0.15) is 0 Å². The maximum absolute atomic E-state index is 13.2. The van der Waals surface area contributed by atoms with Crippen molar-refractivity contribution in [3.63, 3.8) is 0 Å². The van der Waals surface area contributed by atoms with Crippen molar-refractivity contribution in [2.75, 3.05) is 31.2 Å². The minimum absolute atomic E-state index is 0.0381. The van der Waals surface area contributed by atoms with Gasteiger partial charge in [0.2, 0.25) is 10.0 Å². The number of sulfonamides is 1. The van der Waals surface area contributed by atoms with Gasteiger partial charge in [-0.15, -0.1) is 0 Å². The van der Waals surface area contributed by atoms with Gasteiger partial charge in [-0.05, 0) is 6.42 Å². The molecule has 0 aromatic carbocycles. The van der Waals surface area contributed by atoms with Crippen LogP contribution in [0.1, 0.15) is 13.3 Å². The molecule has 0 bridgehead atoms. The molecule has 1 aromatic rings. The predicted octanol–water partition coefficient (Wildman–Crippen LogP) is 1.44. The molecule has 0 amide bonds. The fourth-order valence-corrected chi connectivity index (χ4v) is 2.50. The van der Waals surface area contributed by atoms with E-state index in [2.05, 4.69) is 10.3 Å². The Morgan fingerprint density at radius 3 is 2.63 bits per heavy atom. The van der Waals surface area contributed by atoms with Crippen molar-refractivity contribution >= 4 is 15.8 Å². The Morgan fingerprint density at radius 2 is 2.11 bits per heavy atom. The van der Waals surface area contributed by atoms with E-state index in [1.54, 1.807) is 6.92 Å². The van der Waals surface area contributed by atoms with Crippen molar-refractivity contribution in [3.8, 4) is 0 Å². The van der Waals surface area contributed by atoms with Gasteiger partial charge < -0.3 is 5.32 Å². The Morgan fingerprint density at radius 1 is 1.42 bits per heavy atom. The van der Waals surface area contributed by atoms with Crippen molar-refractivity contribution in [2.24, 2.45) is 0 Å². The molecular weight excluding hydrogens is 276 g/mol. The van der Waals surface area contributed by atoms with Crippen LogP contribution in [-0.2, 0) is 10.0 Å². The first kappa shape index (κ1) is 15.8. The molecule has 0 unspecified atom stereocenters. The van der Waals surface area contributed by atoms with Gasteiger partial charge in [0.15, 0.2) is 11.6 Å². The van der Waals surface area contributed by atoms with Crippen molar-refractivity contribution in [3.05, 3.63) is 23.9 Å². The topological polar surface area (TPSA) is 62.3 Å². The Bertz CT molecular complexity index is 523. The highest BCUT2D eigenvalue weighted by molar-refractivity contribution is 7.88. The summed E-state index contributed by atoms with van der Waals surface area (Å²) in [5.41, 5.74) is 0. The molecule has 8 heteroatoms. The summed E-state index contributed by atoms with van der Waals surface area (Å²) in [6.07, 6.45) is 2.56. The zero-order chi connectivity index (χ0) is 14.5. The average molecular weight is 293 g/mol. The number of halogens is 2. The SMILES string of the molecule is CCN(CCCNc1ncc(F)cc1F)S(C)(=O)=O. The third kappa shape index (κ3) is 5.07. The molecule has 0 atom stereocenters. The molecule has 1 aromatic heterocycles. The summed E-state index contributed by atoms with van der Waals surface area (Å²) < 4.78 is 49.8. The largest absolute Gasteiger partial charge is 0.368 e. The highest BCUT2D eigenvalue weighted by atomic mass is 32.2. The monoisotopic (exact) mass is 293 g/mol. The first-order chi connectivity index (χ1) is 8.84. The third-order valence-electron chi connectivity index (χ3n) is 2.51. The normalized spacial score (nSPS) is 11.8. The van der Waals surface area contributed by atoms with Crippen LogP contribution < -0.4 is 5.32 Å². The van der Waals surface area contributed by atoms with Crippen LogP contribution in [0.5, 0.6) is 0 Å². The van der Waals surface area contributed by atoms with Gasteiger partial charge in [-0.3, -0.25) is 0 Å². The molecule has 19 heavy (non-hydrogen) atoms. The molecule has 1 rings (SSSR count). The summed E-state index contributed by atoms with van der Waals surface area (Å²) in [7, 11) is -3.21. The highest BCUT2D eigenvalue weighted by Gasteiger charge is 2.13. The Labute approximate surface area is 111 Å². The van der Waals surface area contributed by atoms with E-state index in [1.165, 1.54) is 4.31 Å². The van der Waals surface area contributed by atoms with E-state index in [0.717, 1.165) is 18.5 Å². The summed E-state index contributed by atoms with van der Waals surface area (Å²) in [5, 5.41) is 2.70. The summed E-state index contributed by atoms with van der Waals surface area (Å²) in [4.78, 5) is 3.57. The lowest BCUT2D eigenvalue weighted by Crippen LogP contribution is -2.31. The van der Waals surface area contributed by atoms with Crippen LogP contribution in [0.4, 0.5) is 14.6 Å². The number of rotatable bonds is 7. The number of pyridine rings is 1. The first-order valence-corrected chi connectivity index (χ1v) is 7.69. The molecule has 108 valence electrons. The van der Waals surface area contributed by atoms with E-state index in [1.807, 2.05) is 0 Å². The van der Waals surface area contributed by atoms with E-state index < -0.39 is 21.7 Å². The Hall–Kier alpha value is -1.28. The van der Waals surface area contributed by atoms with E-state index in [0.29, 0.717) is 26.1 Å². The number of anilines is 1. The Balaban J connectivity index is 2.42. The molecule has 0 aliphatic carbocycles. The van der Waals surface area contributed by atoms with Crippen LogP contribution in [-0.4, -0.2) is 43.6 Å². The van der Waals surface area contributed by atoms with Gasteiger partial charge in [0.1, 0.15) is 5.82 Å². The maximum Gasteiger partial charge on any atom is 0.211 e. The highest BCUT2D eigenvalue weighted by Crippen LogP contribution is 2.11. The standard InChI is InChI=1S/C11H17F2N3O2S/c1-3-16(19(2,17)18)6-4-5-14-11-10(13)7-9(12)8-15-11/h7-8H,3-6H2,1-2H3,(H,14,15). The van der Waals surface area contributed by atoms with Gasteiger partial charge in [-0.25, -0.2) is 26.5 Å². The lowest BCUT2D eigenvalue weighted by atomic mass is 10.4. The van der Waals surface area contributed by atoms with Crippen molar-refractivity contribution in [1.29, 1.82) is 0 Å². The molecular formula is C11H17F2N3O2S. The van der Waals surface area contributed by atoms with Crippen molar-refractivity contribution < 1.29 is 17.2 Å². The number of aromatic nitrogens is 1. The molecule has 1 N–H and O–H groups in total. The summed E-state index contributed by atoms with van der Waals surface area (Å²) >= 11 is 0. The van der Waals surface area contributed by atoms with Crippen LogP contribution in [0.15, 0.2) is 12.3 Å². The molecule has 5 nitrogen and oxygen atoms in total. The predicted molar refractivity (Wildman–Crippen MR) is 69.4 cm³/mol. The molecule has 0 saturated heterocycles. The molecule has 0 radical (unpaired) electrons. The number of hydrogen-bond donors (Lipinski definition) is 1. The van der Waals surface area contributed by atoms with Crippen LogP contribution in [0.2, 0.25) is 0 Å². The van der Waals surface area contributed by atoms with Crippen LogP contribution in [0.3, 0.4) is 0 Å². The van der Waals surface area contributed by atoms with Crippen LogP contribution >= 0.6 is 0 Å². The third-order valence-corrected chi connectivity index (χ3v) is 3.89. The van der Waals surface area contributed by atoms with E-state index >= 15 is 0 Å². The summed E-state index contributed by atoms with van der Waals surface area (Å²) in [6, 6.07) is 0.740. The minimum atomic E-state index is -3.21. The second kappa shape index (κ2) is 6.76. The second-order valence-corrected chi connectivity index (χ2v) is 6.00. The van der Waals surface area contributed by atoms with Gasteiger partial charge in [0.05, 0.1) is 12.5 Å². The van der Waals surface area contributed by atoms with Crippen molar-refractivity contribution in [1.82, 2.24) is 9.29 Å². The molecule has 0 aliphatic heterocycles. The van der Waals surface area contributed by atoms with Gasteiger partial charge in [0, 0.05) is 25.7 Å². The minimum Gasteiger partial charge on any atom is -0.368 e. The van der Waals surface area contributed by atoms with E-state index in [-0.39, 0.29) is 5.82 Å². The number of hydrogen-bond acceptors (Lipinski definition) is 4. The fraction of sp³-hybridized carbons (Fsp3) is 0.545. The van der Waals surface area contributed by atoms with Crippen LogP contribution in [0.25, 0.3) is 0 Å². The van der Waals surface area contributed by atoms with E-state index in [4.69, 9.17) is 0 Å². The van der Waals surface area contributed by atoms with Gasteiger partial charge in [-0.1, -0.05) is 6.92 Å². The zero-order valence-electron chi connectivity index (χ0n) is 10.9. The molecule has 0 spiro atoms. The summed E-state index contributed by atoms with van der Waals surface area (Å²) in [6.45, 7) is 2.82. The smallest absolute Gasteiger partial charge is 0.211 e. The molecule has 1 heterocycles. The van der Waals surface area contributed by atoms with Crippen LogP contribution in [0, 0.1) is 11.6 Å². The fourth-order valence-electron chi connectivity index (χ4n) is 1.57. The van der Waals surface area contributed by atoms with Gasteiger partial charge in [0.25, 0.3) is 0 Å². The number of nitrogens with zero attached hydrogens (tertiary/aromatic N) is 2.